The van der Waals surface area contributed by atoms with E-state index in [1.54, 1.807) is 13.8 Å². The number of aliphatic hydroxyl groups excluding tert-OH is 7. The van der Waals surface area contributed by atoms with Crippen LogP contribution in [0.25, 0.3) is 0 Å². The first kappa shape index (κ1) is 39.2. The summed E-state index contributed by atoms with van der Waals surface area (Å²) in [4.78, 5) is 12.5. The molecule has 2 fully saturated rings. The van der Waals surface area contributed by atoms with Gasteiger partial charge in [-0.2, -0.15) is 0 Å². The standard InChI is InChI=1S/C32H60O12/c1-4-22-25(36)26(37)30(31(40)41-22)44-32-28(39)27(38)29(23(5-2)42-32)43-24(35)19-15-11-7-10-14-18-21(34)17-13-9-6-8-12-16-20(3)33/h20-23,25-34,36-40H,4-19H2,1-3H3/t20?,21?,22?,23?,25-,26+,27-,28?,29-,30?,31+,32+/m1/s1. The van der Waals surface area contributed by atoms with Crippen LogP contribution in [0.15, 0.2) is 0 Å². The first-order chi connectivity index (χ1) is 21.0. The van der Waals surface area contributed by atoms with E-state index in [2.05, 4.69) is 0 Å². The van der Waals surface area contributed by atoms with Crippen molar-refractivity contribution in [1.29, 1.82) is 0 Å². The Bertz CT molecular complexity index is 768. The molecule has 0 aromatic carbocycles. The number of hydrogen-bond donors (Lipinski definition) is 7. The molecule has 2 rings (SSSR count). The van der Waals surface area contributed by atoms with Crippen LogP contribution in [0.1, 0.15) is 124 Å². The smallest absolute Gasteiger partial charge is 0.306 e. The molecular formula is C32H60O12. The van der Waals surface area contributed by atoms with Crippen LogP contribution in [0.2, 0.25) is 0 Å². The highest BCUT2D eigenvalue weighted by molar-refractivity contribution is 5.69. The van der Waals surface area contributed by atoms with E-state index in [4.69, 9.17) is 18.9 Å². The van der Waals surface area contributed by atoms with Crippen LogP contribution in [0.5, 0.6) is 0 Å². The van der Waals surface area contributed by atoms with Gasteiger partial charge in [0, 0.05) is 6.42 Å². The summed E-state index contributed by atoms with van der Waals surface area (Å²) < 4.78 is 22.2. The van der Waals surface area contributed by atoms with E-state index in [1.165, 1.54) is 0 Å². The van der Waals surface area contributed by atoms with Gasteiger partial charge in [-0.25, -0.2) is 0 Å². The molecule has 0 spiro atoms. The topological polar surface area (TPSA) is 196 Å². The van der Waals surface area contributed by atoms with E-state index in [-0.39, 0.29) is 18.6 Å². The first-order valence-corrected chi connectivity index (χ1v) is 16.9. The molecule has 2 heterocycles. The molecule has 0 aliphatic carbocycles. The zero-order valence-corrected chi connectivity index (χ0v) is 26.9. The van der Waals surface area contributed by atoms with E-state index in [9.17, 15) is 40.5 Å². The van der Waals surface area contributed by atoms with Gasteiger partial charge in [0.15, 0.2) is 18.7 Å². The highest BCUT2D eigenvalue weighted by Gasteiger charge is 2.51. The van der Waals surface area contributed by atoms with Crippen molar-refractivity contribution in [1.82, 2.24) is 0 Å². The van der Waals surface area contributed by atoms with Gasteiger partial charge in [0.25, 0.3) is 0 Å². The number of rotatable bonds is 21. The van der Waals surface area contributed by atoms with Crippen LogP contribution >= 0.6 is 0 Å². The quantitative estimate of drug-likeness (QED) is 0.0718. The summed E-state index contributed by atoms with van der Waals surface area (Å²) in [6, 6.07) is 0. The molecule has 6 unspecified atom stereocenters. The number of unbranched alkanes of at least 4 members (excludes halogenated alkanes) is 8. The SMILES string of the molecule is CCC1O[C@H](O)C(O[C@@H]2OC(CC)[C@@H](OC(=O)CCCCCCCC(O)CCCCCCCC(C)O)[C@H](O)C2O)[C@@H](O)[C@@H]1O. The molecule has 12 atom stereocenters. The van der Waals surface area contributed by atoms with E-state index >= 15 is 0 Å². The number of ether oxygens (including phenoxy) is 4. The van der Waals surface area contributed by atoms with E-state index in [1.807, 2.05) is 6.92 Å². The van der Waals surface area contributed by atoms with Crippen LogP contribution in [0, 0.1) is 0 Å². The molecule has 2 saturated heterocycles. The molecule has 12 heteroatoms. The fourth-order valence-corrected chi connectivity index (χ4v) is 5.94. The van der Waals surface area contributed by atoms with Gasteiger partial charge < -0.3 is 54.7 Å². The average molecular weight is 637 g/mol. The summed E-state index contributed by atoms with van der Waals surface area (Å²) in [5.41, 5.74) is 0. The summed E-state index contributed by atoms with van der Waals surface area (Å²) in [6.07, 6.45) is -0.679. The lowest BCUT2D eigenvalue weighted by Gasteiger charge is -2.45. The highest BCUT2D eigenvalue weighted by atomic mass is 16.7. The predicted octanol–water partition coefficient (Wildman–Crippen LogP) is 2.19. The second-order valence-electron chi connectivity index (χ2n) is 12.6. The number of carbonyl (C=O) groups is 1. The average Bonchev–Trinajstić information content (AvgIpc) is 2.99. The van der Waals surface area contributed by atoms with Crippen LogP contribution in [0.3, 0.4) is 0 Å². The maximum Gasteiger partial charge on any atom is 0.306 e. The molecule has 44 heavy (non-hydrogen) atoms. The monoisotopic (exact) mass is 636 g/mol. The van der Waals surface area contributed by atoms with E-state index in [0.717, 1.165) is 77.0 Å². The van der Waals surface area contributed by atoms with E-state index < -0.39 is 67.4 Å². The first-order valence-electron chi connectivity index (χ1n) is 16.9. The van der Waals surface area contributed by atoms with Crippen molar-refractivity contribution in [3.8, 4) is 0 Å². The Labute approximate surface area is 262 Å². The Balaban J connectivity index is 1.63. The van der Waals surface area contributed by atoms with Crippen molar-refractivity contribution in [3.05, 3.63) is 0 Å². The molecule has 0 saturated carbocycles. The third-order valence-corrected chi connectivity index (χ3v) is 8.74. The molecule has 0 aromatic rings. The third kappa shape index (κ3) is 13.1. The molecule has 0 amide bonds. The van der Waals surface area contributed by atoms with Crippen LogP contribution in [-0.2, 0) is 23.7 Å². The second-order valence-corrected chi connectivity index (χ2v) is 12.6. The molecule has 7 N–H and O–H groups in total. The Morgan fingerprint density at radius 1 is 0.659 bits per heavy atom. The summed E-state index contributed by atoms with van der Waals surface area (Å²) in [6.45, 7) is 5.31. The van der Waals surface area contributed by atoms with Crippen LogP contribution in [-0.4, -0.2) is 115 Å². The van der Waals surface area contributed by atoms with Gasteiger partial charge >= 0.3 is 5.97 Å². The third-order valence-electron chi connectivity index (χ3n) is 8.74. The summed E-state index contributed by atoms with van der Waals surface area (Å²) >= 11 is 0. The molecule has 260 valence electrons. The maximum absolute atomic E-state index is 12.5. The van der Waals surface area contributed by atoms with Gasteiger partial charge in [0.1, 0.15) is 36.6 Å². The summed E-state index contributed by atoms with van der Waals surface area (Å²) in [7, 11) is 0. The number of esters is 1. The van der Waals surface area contributed by atoms with Crippen molar-refractivity contribution in [2.45, 2.75) is 197 Å². The Hall–Kier alpha value is -0.930. The largest absolute Gasteiger partial charge is 0.457 e. The van der Waals surface area contributed by atoms with Gasteiger partial charge in [0.2, 0.25) is 0 Å². The number of hydrogen-bond acceptors (Lipinski definition) is 12. The van der Waals surface area contributed by atoms with Gasteiger partial charge in [-0.05, 0) is 45.4 Å². The van der Waals surface area contributed by atoms with Gasteiger partial charge in [-0.3, -0.25) is 4.79 Å². The zero-order chi connectivity index (χ0) is 32.6. The van der Waals surface area contributed by atoms with Crippen molar-refractivity contribution >= 4 is 5.97 Å². The molecular weight excluding hydrogens is 576 g/mol. The molecule has 0 aromatic heterocycles. The van der Waals surface area contributed by atoms with Crippen LogP contribution < -0.4 is 0 Å². The zero-order valence-electron chi connectivity index (χ0n) is 26.9. The van der Waals surface area contributed by atoms with Crippen molar-refractivity contribution in [2.75, 3.05) is 0 Å². The number of aliphatic hydroxyl groups is 7. The normalized spacial score (nSPS) is 34.0. The van der Waals surface area contributed by atoms with Crippen molar-refractivity contribution in [3.63, 3.8) is 0 Å². The lowest BCUT2D eigenvalue weighted by Crippen LogP contribution is -2.63. The molecule has 2 aliphatic heterocycles. The Kier molecular flexibility index (Phi) is 18.8. The fourth-order valence-electron chi connectivity index (χ4n) is 5.94. The molecule has 2 aliphatic rings. The number of carbonyl (C=O) groups excluding carboxylic acids is 1. The predicted molar refractivity (Wildman–Crippen MR) is 161 cm³/mol. The molecule has 0 bridgehead atoms. The summed E-state index contributed by atoms with van der Waals surface area (Å²) in [5.74, 6) is -0.510. The highest BCUT2D eigenvalue weighted by Crippen LogP contribution is 2.31. The van der Waals surface area contributed by atoms with E-state index in [0.29, 0.717) is 19.3 Å². The lowest BCUT2D eigenvalue weighted by atomic mass is 9.95. The molecule has 0 radical (unpaired) electrons. The van der Waals surface area contributed by atoms with Gasteiger partial charge in [-0.1, -0.05) is 71.6 Å². The van der Waals surface area contributed by atoms with Gasteiger partial charge in [0.05, 0.1) is 18.3 Å². The second kappa shape index (κ2) is 21.0. The Morgan fingerprint density at radius 3 is 1.75 bits per heavy atom. The molecule has 12 nitrogen and oxygen atoms in total. The minimum atomic E-state index is -1.65. The lowest BCUT2D eigenvalue weighted by molar-refractivity contribution is -0.359. The summed E-state index contributed by atoms with van der Waals surface area (Å²) in [5, 5.41) is 71.9. The van der Waals surface area contributed by atoms with Gasteiger partial charge in [-0.15, -0.1) is 0 Å². The van der Waals surface area contributed by atoms with Crippen molar-refractivity contribution < 1.29 is 59.5 Å². The fraction of sp³-hybridized carbons (Fsp3) is 0.969. The van der Waals surface area contributed by atoms with Crippen molar-refractivity contribution in [2.24, 2.45) is 0 Å². The Morgan fingerprint density at radius 2 is 1.18 bits per heavy atom. The van der Waals surface area contributed by atoms with Crippen LogP contribution in [0.4, 0.5) is 0 Å². The minimum Gasteiger partial charge on any atom is -0.457 e. The maximum atomic E-state index is 12.5. The minimum absolute atomic E-state index is 0.157.